The molecule has 0 fully saturated rings. The van der Waals surface area contributed by atoms with Crippen molar-refractivity contribution in [2.24, 2.45) is 0 Å². The topological polar surface area (TPSA) is 35.5 Å². The van der Waals surface area contributed by atoms with E-state index in [1.165, 1.54) is 13.0 Å². The number of rotatable bonds is 8. The van der Waals surface area contributed by atoms with Crippen molar-refractivity contribution < 1.29 is 18.7 Å². The van der Waals surface area contributed by atoms with E-state index in [-0.39, 0.29) is 18.1 Å². The fourth-order valence-electron chi connectivity index (χ4n) is 2.34. The number of hydrogen-bond acceptors (Lipinski definition) is 3. The molecule has 0 saturated carbocycles. The van der Waals surface area contributed by atoms with Crippen LogP contribution in [0.3, 0.4) is 0 Å². The molecule has 0 spiro atoms. The lowest BCUT2D eigenvalue weighted by Gasteiger charge is -2.11. The molecule has 3 nitrogen and oxygen atoms in total. The van der Waals surface area contributed by atoms with Gasteiger partial charge in [0.1, 0.15) is 18.1 Å². The van der Waals surface area contributed by atoms with Crippen LogP contribution in [0.4, 0.5) is 4.39 Å². The summed E-state index contributed by atoms with van der Waals surface area (Å²) in [5.74, 6) is 0.715. The molecule has 0 radical (unpaired) electrons. The average molecular weight is 330 g/mol. The van der Waals surface area contributed by atoms with Crippen molar-refractivity contribution in [3.05, 3.63) is 58.9 Å². The Hall–Kier alpha value is -2.36. The quantitative estimate of drug-likeness (QED) is 0.708. The number of hydrogen-bond donors (Lipinski definition) is 0. The molecule has 0 heterocycles. The first kappa shape index (κ1) is 18.0. The summed E-state index contributed by atoms with van der Waals surface area (Å²) in [4.78, 5) is 11.0. The van der Waals surface area contributed by atoms with Crippen molar-refractivity contribution >= 4 is 5.78 Å². The molecule has 128 valence electrons. The van der Waals surface area contributed by atoms with E-state index in [4.69, 9.17) is 9.47 Å². The van der Waals surface area contributed by atoms with E-state index < -0.39 is 5.82 Å². The Bertz CT molecular complexity index is 710. The Morgan fingerprint density at radius 2 is 1.79 bits per heavy atom. The van der Waals surface area contributed by atoms with Crippen LogP contribution >= 0.6 is 0 Å². The van der Waals surface area contributed by atoms with E-state index in [1.54, 1.807) is 12.1 Å². The molecule has 0 atom stereocenters. The third-order valence-corrected chi connectivity index (χ3v) is 3.71. The fraction of sp³-hybridized carbons (Fsp3) is 0.350. The maximum Gasteiger partial charge on any atom is 0.165 e. The van der Waals surface area contributed by atoms with Gasteiger partial charge in [-0.15, -0.1) is 0 Å². The Labute approximate surface area is 142 Å². The molecule has 0 N–H and O–H groups in total. The summed E-state index contributed by atoms with van der Waals surface area (Å²) >= 11 is 0. The van der Waals surface area contributed by atoms with E-state index in [0.29, 0.717) is 19.4 Å². The van der Waals surface area contributed by atoms with E-state index >= 15 is 0 Å². The van der Waals surface area contributed by atoms with Crippen LogP contribution in [0, 0.1) is 12.7 Å². The lowest BCUT2D eigenvalue weighted by Crippen LogP contribution is -2.01. The predicted molar refractivity (Wildman–Crippen MR) is 92.1 cm³/mol. The van der Waals surface area contributed by atoms with Crippen LogP contribution in [-0.2, 0) is 17.8 Å². The SMILES string of the molecule is CCOc1cc(COc2ccc(CCC(C)=O)cc2F)ccc1C. The summed E-state index contributed by atoms with van der Waals surface area (Å²) in [6.07, 6.45) is 0.964. The molecule has 24 heavy (non-hydrogen) atoms. The van der Waals surface area contributed by atoms with Crippen molar-refractivity contribution in [3.8, 4) is 11.5 Å². The third-order valence-electron chi connectivity index (χ3n) is 3.71. The number of carbonyl (C=O) groups is 1. The van der Waals surface area contributed by atoms with Gasteiger partial charge in [-0.05, 0) is 62.1 Å². The second kappa shape index (κ2) is 8.48. The van der Waals surface area contributed by atoms with E-state index in [2.05, 4.69) is 0 Å². The Morgan fingerprint density at radius 3 is 2.46 bits per heavy atom. The van der Waals surface area contributed by atoms with Crippen molar-refractivity contribution in [1.82, 2.24) is 0 Å². The van der Waals surface area contributed by atoms with Gasteiger partial charge in [0.05, 0.1) is 6.61 Å². The van der Waals surface area contributed by atoms with E-state index in [1.807, 2.05) is 32.0 Å². The zero-order chi connectivity index (χ0) is 17.5. The normalized spacial score (nSPS) is 10.5. The minimum atomic E-state index is -0.409. The Balaban J connectivity index is 2.01. The van der Waals surface area contributed by atoms with Gasteiger partial charge in [0.15, 0.2) is 11.6 Å². The fourth-order valence-corrected chi connectivity index (χ4v) is 2.34. The molecule has 2 aromatic rings. The van der Waals surface area contributed by atoms with Crippen LogP contribution in [0.15, 0.2) is 36.4 Å². The van der Waals surface area contributed by atoms with Gasteiger partial charge in [-0.3, -0.25) is 0 Å². The molecule has 0 saturated heterocycles. The molecule has 0 amide bonds. The van der Waals surface area contributed by atoms with Crippen LogP contribution in [0.25, 0.3) is 0 Å². The summed E-state index contributed by atoms with van der Waals surface area (Å²) in [5.41, 5.74) is 2.77. The van der Waals surface area contributed by atoms with Gasteiger partial charge in [0.2, 0.25) is 0 Å². The number of carbonyl (C=O) groups excluding carboxylic acids is 1. The largest absolute Gasteiger partial charge is 0.494 e. The zero-order valence-corrected chi connectivity index (χ0v) is 14.4. The smallest absolute Gasteiger partial charge is 0.165 e. The lowest BCUT2D eigenvalue weighted by atomic mass is 10.1. The lowest BCUT2D eigenvalue weighted by molar-refractivity contribution is -0.116. The van der Waals surface area contributed by atoms with Crippen LogP contribution in [0.1, 0.15) is 37.0 Å². The molecular formula is C20H23FO3. The monoisotopic (exact) mass is 330 g/mol. The van der Waals surface area contributed by atoms with Gasteiger partial charge in [-0.2, -0.15) is 0 Å². The summed E-state index contributed by atoms with van der Waals surface area (Å²) in [6, 6.07) is 10.7. The number of benzene rings is 2. The Morgan fingerprint density at radius 1 is 1.04 bits per heavy atom. The third kappa shape index (κ3) is 5.08. The highest BCUT2D eigenvalue weighted by atomic mass is 19.1. The average Bonchev–Trinajstić information content (AvgIpc) is 2.55. The van der Waals surface area contributed by atoms with Gasteiger partial charge in [-0.25, -0.2) is 4.39 Å². The number of Topliss-reactive ketones (excluding diaryl/α,β-unsaturated/α-hetero) is 1. The molecule has 0 aliphatic carbocycles. The van der Waals surface area contributed by atoms with E-state index in [0.717, 1.165) is 22.4 Å². The Kier molecular flexibility index (Phi) is 6.36. The van der Waals surface area contributed by atoms with Gasteiger partial charge in [0, 0.05) is 6.42 Å². The second-order valence-corrected chi connectivity index (χ2v) is 5.79. The molecule has 0 aliphatic heterocycles. The van der Waals surface area contributed by atoms with Gasteiger partial charge >= 0.3 is 0 Å². The standard InChI is InChI=1S/C20H23FO3/c1-4-23-20-12-17(7-5-14(20)2)13-24-19-10-9-16(11-18(19)21)8-6-15(3)22/h5,7,9-12H,4,6,8,13H2,1-3H3. The zero-order valence-electron chi connectivity index (χ0n) is 14.4. The summed E-state index contributed by atoms with van der Waals surface area (Å²) in [6.45, 7) is 6.32. The number of ether oxygens (including phenoxy) is 2. The summed E-state index contributed by atoms with van der Waals surface area (Å²) < 4.78 is 25.2. The molecule has 2 aromatic carbocycles. The van der Waals surface area contributed by atoms with Crippen LogP contribution in [0.2, 0.25) is 0 Å². The molecule has 0 aromatic heterocycles. The molecule has 2 rings (SSSR count). The highest BCUT2D eigenvalue weighted by Gasteiger charge is 2.07. The van der Waals surface area contributed by atoms with Gasteiger partial charge < -0.3 is 14.3 Å². The van der Waals surface area contributed by atoms with Crippen molar-refractivity contribution in [3.63, 3.8) is 0 Å². The number of aryl methyl sites for hydroxylation is 2. The predicted octanol–water partition coefficient (Wildman–Crippen LogP) is 4.63. The maximum absolute atomic E-state index is 14.1. The van der Waals surface area contributed by atoms with Crippen LogP contribution < -0.4 is 9.47 Å². The molecule has 0 unspecified atom stereocenters. The van der Waals surface area contributed by atoms with E-state index in [9.17, 15) is 9.18 Å². The molecule has 0 aliphatic rings. The highest BCUT2D eigenvalue weighted by Crippen LogP contribution is 2.23. The van der Waals surface area contributed by atoms with Crippen LogP contribution in [0.5, 0.6) is 11.5 Å². The first-order valence-electron chi connectivity index (χ1n) is 8.12. The first-order chi connectivity index (χ1) is 11.5. The minimum absolute atomic E-state index is 0.0974. The minimum Gasteiger partial charge on any atom is -0.494 e. The van der Waals surface area contributed by atoms with Gasteiger partial charge in [-0.1, -0.05) is 18.2 Å². The molecule has 4 heteroatoms. The number of halogens is 1. The van der Waals surface area contributed by atoms with Gasteiger partial charge in [0.25, 0.3) is 0 Å². The van der Waals surface area contributed by atoms with Crippen molar-refractivity contribution in [2.45, 2.75) is 40.2 Å². The summed E-state index contributed by atoms with van der Waals surface area (Å²) in [7, 11) is 0. The molecular weight excluding hydrogens is 307 g/mol. The maximum atomic E-state index is 14.1. The van der Waals surface area contributed by atoms with Crippen molar-refractivity contribution in [2.75, 3.05) is 6.61 Å². The number of ketones is 1. The van der Waals surface area contributed by atoms with Crippen molar-refractivity contribution in [1.29, 1.82) is 0 Å². The summed E-state index contributed by atoms with van der Waals surface area (Å²) in [5, 5.41) is 0. The first-order valence-corrected chi connectivity index (χ1v) is 8.12. The van der Waals surface area contributed by atoms with Crippen LogP contribution in [-0.4, -0.2) is 12.4 Å². The molecule has 0 bridgehead atoms. The highest BCUT2D eigenvalue weighted by molar-refractivity contribution is 5.75. The second-order valence-electron chi connectivity index (χ2n) is 5.79.